The monoisotopic (exact) mass is 417 g/mol. The van der Waals surface area contributed by atoms with Crippen molar-refractivity contribution in [1.29, 1.82) is 5.26 Å². The summed E-state index contributed by atoms with van der Waals surface area (Å²) in [5.41, 5.74) is 2.44. The number of anilines is 1. The van der Waals surface area contributed by atoms with Crippen LogP contribution in [0.1, 0.15) is 16.1 Å². The molecule has 0 amide bonds. The van der Waals surface area contributed by atoms with E-state index in [1.54, 1.807) is 42.5 Å². The average molecular weight is 417 g/mol. The summed E-state index contributed by atoms with van der Waals surface area (Å²) in [6, 6.07) is 21.3. The van der Waals surface area contributed by atoms with E-state index in [0.717, 1.165) is 0 Å². The SMILES string of the molecule is N#Cc1ccc(S(=O)(=O)Nc2ccc3[nH]c(C(=O)O)c(-c4ccccc4)c3c2)cc1. The summed E-state index contributed by atoms with van der Waals surface area (Å²) < 4.78 is 27.9. The molecule has 0 aliphatic rings. The Morgan fingerprint density at radius 3 is 2.33 bits per heavy atom. The highest BCUT2D eigenvalue weighted by molar-refractivity contribution is 7.92. The number of nitrogens with one attached hydrogen (secondary N) is 2. The van der Waals surface area contributed by atoms with Crippen molar-refractivity contribution >= 4 is 32.6 Å². The van der Waals surface area contributed by atoms with Crippen molar-refractivity contribution in [3.8, 4) is 17.2 Å². The first-order valence-electron chi connectivity index (χ1n) is 8.86. The van der Waals surface area contributed by atoms with Gasteiger partial charge in [-0.15, -0.1) is 0 Å². The van der Waals surface area contributed by atoms with Gasteiger partial charge in [0.1, 0.15) is 5.69 Å². The first kappa shape index (κ1) is 19.2. The van der Waals surface area contributed by atoms with Crippen molar-refractivity contribution in [1.82, 2.24) is 4.98 Å². The van der Waals surface area contributed by atoms with Gasteiger partial charge in [-0.05, 0) is 48.0 Å². The van der Waals surface area contributed by atoms with Crippen LogP contribution < -0.4 is 4.72 Å². The van der Waals surface area contributed by atoms with Gasteiger partial charge in [0.05, 0.1) is 16.5 Å². The summed E-state index contributed by atoms with van der Waals surface area (Å²) in [5, 5.41) is 19.1. The fourth-order valence-corrected chi connectivity index (χ4v) is 4.29. The van der Waals surface area contributed by atoms with Gasteiger partial charge in [-0.2, -0.15) is 5.26 Å². The second-order valence-electron chi connectivity index (χ2n) is 6.55. The van der Waals surface area contributed by atoms with Gasteiger partial charge in [0, 0.05) is 22.2 Å². The van der Waals surface area contributed by atoms with Gasteiger partial charge in [0.25, 0.3) is 10.0 Å². The summed E-state index contributed by atoms with van der Waals surface area (Å²) in [5.74, 6) is -1.11. The van der Waals surface area contributed by atoms with Crippen molar-refractivity contribution in [3.05, 3.63) is 84.1 Å². The Kier molecular flexibility index (Phi) is 4.74. The quantitative estimate of drug-likeness (QED) is 0.449. The lowest BCUT2D eigenvalue weighted by molar-refractivity contribution is 0.0692. The van der Waals surface area contributed by atoms with Crippen LogP contribution in [0.25, 0.3) is 22.0 Å². The van der Waals surface area contributed by atoms with Crippen molar-refractivity contribution in [2.24, 2.45) is 0 Å². The lowest BCUT2D eigenvalue weighted by Gasteiger charge is -2.09. The number of rotatable bonds is 5. The number of hydrogen-bond acceptors (Lipinski definition) is 4. The van der Waals surface area contributed by atoms with Gasteiger partial charge in [0.2, 0.25) is 0 Å². The number of fused-ring (bicyclic) bond motifs is 1. The maximum absolute atomic E-state index is 12.7. The minimum absolute atomic E-state index is 0.0187. The number of hydrogen-bond donors (Lipinski definition) is 3. The van der Waals surface area contributed by atoms with Gasteiger partial charge in [-0.25, -0.2) is 13.2 Å². The number of sulfonamides is 1. The molecule has 0 spiro atoms. The van der Waals surface area contributed by atoms with E-state index in [0.29, 0.717) is 33.3 Å². The zero-order valence-corrected chi connectivity index (χ0v) is 16.3. The summed E-state index contributed by atoms with van der Waals surface area (Å²) in [6.07, 6.45) is 0. The van der Waals surface area contributed by atoms with Crippen LogP contribution in [-0.2, 0) is 10.0 Å². The minimum atomic E-state index is -3.88. The lowest BCUT2D eigenvalue weighted by atomic mass is 10.0. The largest absolute Gasteiger partial charge is 0.477 e. The number of carboxylic acid groups (broad SMARTS) is 1. The van der Waals surface area contributed by atoms with Gasteiger partial charge in [-0.1, -0.05) is 30.3 Å². The van der Waals surface area contributed by atoms with E-state index >= 15 is 0 Å². The molecular formula is C22H15N3O4S. The zero-order chi connectivity index (χ0) is 21.3. The van der Waals surface area contributed by atoms with Crippen LogP contribution in [-0.4, -0.2) is 24.5 Å². The summed E-state index contributed by atoms with van der Waals surface area (Å²) >= 11 is 0. The smallest absolute Gasteiger partial charge is 0.352 e. The molecule has 4 rings (SSSR count). The lowest BCUT2D eigenvalue weighted by Crippen LogP contribution is -2.12. The van der Waals surface area contributed by atoms with Crippen LogP contribution in [0.15, 0.2) is 77.7 Å². The fourth-order valence-electron chi connectivity index (χ4n) is 3.24. The third-order valence-corrected chi connectivity index (χ3v) is 6.02. The van der Waals surface area contributed by atoms with E-state index in [1.807, 2.05) is 12.1 Å². The van der Waals surface area contributed by atoms with Gasteiger partial charge in [-0.3, -0.25) is 4.72 Å². The Balaban J connectivity index is 1.79. The topological polar surface area (TPSA) is 123 Å². The molecule has 1 heterocycles. The molecule has 0 fully saturated rings. The number of benzene rings is 3. The molecule has 3 N–H and O–H groups in total. The summed E-state index contributed by atoms with van der Waals surface area (Å²) in [7, 11) is -3.88. The maximum Gasteiger partial charge on any atom is 0.352 e. The molecule has 0 atom stereocenters. The molecule has 1 aromatic heterocycles. The Labute approximate surface area is 172 Å². The van der Waals surface area contributed by atoms with Crippen molar-refractivity contribution in [2.75, 3.05) is 4.72 Å². The molecule has 0 saturated carbocycles. The summed E-state index contributed by atoms with van der Waals surface area (Å²) in [6.45, 7) is 0. The molecule has 4 aromatic rings. The molecule has 0 aliphatic carbocycles. The van der Waals surface area contributed by atoms with Gasteiger partial charge in [0.15, 0.2) is 0 Å². The second kappa shape index (κ2) is 7.39. The maximum atomic E-state index is 12.7. The number of carbonyl (C=O) groups is 1. The number of aromatic carboxylic acids is 1. The standard InChI is InChI=1S/C22H15N3O4S/c23-13-14-6-9-17(10-7-14)30(28,29)25-16-8-11-19-18(12-16)20(21(24-19)22(26)27)15-4-2-1-3-5-15/h1-12,24-25H,(H,26,27). The fraction of sp³-hybridized carbons (Fsp3) is 0. The van der Waals surface area contributed by atoms with E-state index < -0.39 is 16.0 Å². The Bertz CT molecular complexity index is 1400. The Morgan fingerprint density at radius 1 is 1.00 bits per heavy atom. The number of carboxylic acids is 1. The molecule has 0 unspecified atom stereocenters. The molecule has 3 aromatic carbocycles. The molecule has 30 heavy (non-hydrogen) atoms. The molecule has 8 heteroatoms. The molecule has 0 bridgehead atoms. The zero-order valence-electron chi connectivity index (χ0n) is 15.5. The highest BCUT2D eigenvalue weighted by Crippen LogP contribution is 2.34. The highest BCUT2D eigenvalue weighted by Gasteiger charge is 2.20. The van der Waals surface area contributed by atoms with Gasteiger partial charge < -0.3 is 10.1 Å². The molecular weight excluding hydrogens is 402 g/mol. The molecule has 148 valence electrons. The van der Waals surface area contributed by atoms with E-state index in [9.17, 15) is 18.3 Å². The number of nitriles is 1. The number of H-pyrrole nitrogens is 1. The third-order valence-electron chi connectivity index (χ3n) is 4.62. The summed E-state index contributed by atoms with van der Waals surface area (Å²) in [4.78, 5) is 14.7. The van der Waals surface area contributed by atoms with Crippen molar-refractivity contribution in [3.63, 3.8) is 0 Å². The van der Waals surface area contributed by atoms with Crippen LogP contribution in [0.5, 0.6) is 0 Å². The predicted molar refractivity (Wildman–Crippen MR) is 113 cm³/mol. The average Bonchev–Trinajstić information content (AvgIpc) is 3.13. The van der Waals surface area contributed by atoms with Crippen LogP contribution in [0.4, 0.5) is 5.69 Å². The highest BCUT2D eigenvalue weighted by atomic mass is 32.2. The first-order valence-corrected chi connectivity index (χ1v) is 10.3. The van der Waals surface area contributed by atoms with Crippen LogP contribution in [0, 0.1) is 11.3 Å². The molecule has 0 saturated heterocycles. The number of aromatic nitrogens is 1. The van der Waals surface area contributed by atoms with Crippen molar-refractivity contribution in [2.45, 2.75) is 4.90 Å². The van der Waals surface area contributed by atoms with Gasteiger partial charge >= 0.3 is 5.97 Å². The number of aromatic amines is 1. The third kappa shape index (κ3) is 3.50. The molecule has 7 nitrogen and oxygen atoms in total. The Hall–Kier alpha value is -4.09. The normalized spacial score (nSPS) is 11.2. The first-order chi connectivity index (χ1) is 14.4. The van der Waals surface area contributed by atoms with Crippen LogP contribution >= 0.6 is 0 Å². The van der Waals surface area contributed by atoms with Crippen molar-refractivity contribution < 1.29 is 18.3 Å². The van der Waals surface area contributed by atoms with Crippen LogP contribution in [0.2, 0.25) is 0 Å². The van der Waals surface area contributed by atoms with E-state index in [-0.39, 0.29) is 10.6 Å². The van der Waals surface area contributed by atoms with E-state index in [1.165, 1.54) is 24.3 Å². The predicted octanol–water partition coefficient (Wildman–Crippen LogP) is 4.21. The molecule has 0 aliphatic heterocycles. The second-order valence-corrected chi connectivity index (χ2v) is 8.23. The number of nitrogens with zero attached hydrogens (tertiary/aromatic N) is 1. The van der Waals surface area contributed by atoms with E-state index in [2.05, 4.69) is 9.71 Å². The minimum Gasteiger partial charge on any atom is -0.477 e. The molecule has 0 radical (unpaired) electrons. The van der Waals surface area contributed by atoms with E-state index in [4.69, 9.17) is 5.26 Å². The Morgan fingerprint density at radius 2 is 1.70 bits per heavy atom. The van der Waals surface area contributed by atoms with Crippen LogP contribution in [0.3, 0.4) is 0 Å².